The van der Waals surface area contributed by atoms with Crippen molar-refractivity contribution >= 4 is 5.97 Å². The summed E-state index contributed by atoms with van der Waals surface area (Å²) in [4.78, 5) is 12.5. The van der Waals surface area contributed by atoms with Crippen LogP contribution in [0, 0.1) is 11.8 Å². The minimum atomic E-state index is -0.363. The first kappa shape index (κ1) is 20.0. The number of phenolic OH excluding ortho intramolecular Hbond substituents is 1. The van der Waals surface area contributed by atoms with Gasteiger partial charge in [-0.2, -0.15) is 0 Å². The molecule has 160 valence electrons. The first-order valence-corrected chi connectivity index (χ1v) is 9.61. The van der Waals surface area contributed by atoms with Gasteiger partial charge in [-0.05, 0) is 42.2 Å². The highest BCUT2D eigenvalue weighted by atomic mass is 16.7. The largest absolute Gasteiger partial charge is 0.508 e. The second-order valence-corrected chi connectivity index (χ2v) is 7.27. The molecule has 0 spiro atoms. The molecule has 0 radical (unpaired) electrons. The monoisotopic (exact) mass is 416 g/mol. The number of esters is 1. The van der Waals surface area contributed by atoms with Crippen LogP contribution < -0.4 is 23.7 Å². The predicted molar refractivity (Wildman–Crippen MR) is 106 cm³/mol. The van der Waals surface area contributed by atoms with Crippen LogP contribution in [-0.2, 0) is 22.4 Å². The fourth-order valence-corrected chi connectivity index (χ4v) is 3.98. The molecule has 1 fully saturated rings. The lowest BCUT2D eigenvalue weighted by atomic mass is 9.84. The Balaban J connectivity index is 1.57. The molecule has 2 aromatic rings. The number of aromatic hydroxyl groups is 1. The maximum absolute atomic E-state index is 12.5. The minimum absolute atomic E-state index is 0.0946. The maximum atomic E-state index is 12.5. The lowest BCUT2D eigenvalue weighted by molar-refractivity contribution is -0.141. The van der Waals surface area contributed by atoms with E-state index in [0.717, 1.165) is 5.56 Å². The van der Waals surface area contributed by atoms with Crippen LogP contribution in [0.25, 0.3) is 0 Å². The fraction of sp³-hybridized carbons (Fsp3) is 0.409. The lowest BCUT2D eigenvalue weighted by Crippen LogP contribution is -2.21. The van der Waals surface area contributed by atoms with E-state index in [1.165, 1.54) is 0 Å². The molecular weight excluding hydrogens is 392 g/mol. The second-order valence-electron chi connectivity index (χ2n) is 7.27. The predicted octanol–water partition coefficient (Wildman–Crippen LogP) is 2.72. The molecule has 2 aliphatic rings. The van der Waals surface area contributed by atoms with Gasteiger partial charge in [0, 0.05) is 12.0 Å². The van der Waals surface area contributed by atoms with Crippen molar-refractivity contribution in [1.29, 1.82) is 0 Å². The van der Waals surface area contributed by atoms with Gasteiger partial charge in [-0.15, -0.1) is 0 Å². The molecular formula is C22H24O8. The summed E-state index contributed by atoms with van der Waals surface area (Å²) in [6.07, 6.45) is 0.925. The zero-order chi connectivity index (χ0) is 21.3. The second kappa shape index (κ2) is 8.22. The van der Waals surface area contributed by atoms with Crippen LogP contribution in [0.4, 0.5) is 0 Å². The number of cyclic esters (lactones) is 1. The van der Waals surface area contributed by atoms with E-state index in [2.05, 4.69) is 0 Å². The number of ether oxygens (including phenoxy) is 6. The Kier molecular flexibility index (Phi) is 5.48. The molecule has 2 aromatic carbocycles. The molecule has 0 aliphatic carbocycles. The topological polar surface area (TPSA) is 92.7 Å². The van der Waals surface area contributed by atoms with Gasteiger partial charge in [0.05, 0.1) is 33.9 Å². The summed E-state index contributed by atoms with van der Waals surface area (Å²) < 4.78 is 32.2. The molecule has 4 rings (SSSR count). The SMILES string of the molecule is COc1cc(C[C@H]2C(=O)OC[C@@H]2Cc2cc3c(cc2O)OCO3)cc(OC)c1OC. The van der Waals surface area contributed by atoms with Crippen LogP contribution >= 0.6 is 0 Å². The van der Waals surface area contributed by atoms with E-state index in [4.69, 9.17) is 28.4 Å². The Bertz CT molecular complexity index is 929. The summed E-state index contributed by atoms with van der Waals surface area (Å²) in [5, 5.41) is 10.4. The fourth-order valence-electron chi connectivity index (χ4n) is 3.98. The number of hydrogen-bond acceptors (Lipinski definition) is 8. The van der Waals surface area contributed by atoms with E-state index in [-0.39, 0.29) is 30.3 Å². The number of methoxy groups -OCH3 is 3. The summed E-state index contributed by atoms with van der Waals surface area (Å²) in [6.45, 7) is 0.425. The van der Waals surface area contributed by atoms with Gasteiger partial charge in [0.2, 0.25) is 12.5 Å². The molecule has 0 bridgehead atoms. The number of carbonyl (C=O) groups is 1. The van der Waals surface area contributed by atoms with Crippen LogP contribution in [0.2, 0.25) is 0 Å². The summed E-state index contributed by atoms with van der Waals surface area (Å²) in [6, 6.07) is 6.98. The summed E-state index contributed by atoms with van der Waals surface area (Å²) in [5.41, 5.74) is 1.56. The van der Waals surface area contributed by atoms with E-state index >= 15 is 0 Å². The number of benzene rings is 2. The van der Waals surface area contributed by atoms with Gasteiger partial charge in [0.25, 0.3) is 0 Å². The van der Waals surface area contributed by atoms with Crippen molar-refractivity contribution in [3.63, 3.8) is 0 Å². The van der Waals surface area contributed by atoms with Crippen molar-refractivity contribution in [3.8, 4) is 34.5 Å². The smallest absolute Gasteiger partial charge is 0.309 e. The zero-order valence-electron chi connectivity index (χ0n) is 17.1. The zero-order valence-corrected chi connectivity index (χ0v) is 17.1. The van der Waals surface area contributed by atoms with Crippen molar-refractivity contribution in [2.45, 2.75) is 12.8 Å². The highest BCUT2D eigenvalue weighted by Crippen LogP contribution is 2.42. The normalized spacial score (nSPS) is 19.5. The number of hydrogen-bond donors (Lipinski definition) is 1. The third kappa shape index (κ3) is 3.65. The quantitative estimate of drug-likeness (QED) is 0.689. The van der Waals surface area contributed by atoms with Gasteiger partial charge in [0.15, 0.2) is 23.0 Å². The molecule has 0 amide bonds. The van der Waals surface area contributed by atoms with Crippen LogP contribution in [0.5, 0.6) is 34.5 Å². The van der Waals surface area contributed by atoms with Gasteiger partial charge >= 0.3 is 5.97 Å². The minimum Gasteiger partial charge on any atom is -0.508 e. The van der Waals surface area contributed by atoms with Crippen molar-refractivity contribution in [2.24, 2.45) is 11.8 Å². The molecule has 1 saturated heterocycles. The summed E-state index contributed by atoms with van der Waals surface area (Å²) in [7, 11) is 4.65. The molecule has 0 aromatic heterocycles. The van der Waals surface area contributed by atoms with Gasteiger partial charge in [0.1, 0.15) is 5.75 Å². The molecule has 8 nitrogen and oxygen atoms in total. The first-order valence-electron chi connectivity index (χ1n) is 9.61. The molecule has 0 unspecified atom stereocenters. The van der Waals surface area contributed by atoms with E-state index in [0.29, 0.717) is 53.8 Å². The van der Waals surface area contributed by atoms with E-state index < -0.39 is 0 Å². The molecule has 1 N–H and O–H groups in total. The average molecular weight is 416 g/mol. The third-order valence-electron chi connectivity index (χ3n) is 5.55. The van der Waals surface area contributed by atoms with E-state index in [1.807, 2.05) is 12.1 Å². The van der Waals surface area contributed by atoms with Crippen molar-refractivity contribution in [2.75, 3.05) is 34.7 Å². The first-order chi connectivity index (χ1) is 14.5. The highest BCUT2D eigenvalue weighted by Gasteiger charge is 2.38. The number of rotatable bonds is 7. The van der Waals surface area contributed by atoms with Crippen molar-refractivity contribution in [3.05, 3.63) is 35.4 Å². The summed E-state index contributed by atoms with van der Waals surface area (Å²) >= 11 is 0. The maximum Gasteiger partial charge on any atom is 0.309 e. The molecule has 0 saturated carbocycles. The number of phenols is 1. The third-order valence-corrected chi connectivity index (χ3v) is 5.55. The van der Waals surface area contributed by atoms with Gasteiger partial charge in [-0.3, -0.25) is 4.79 Å². The van der Waals surface area contributed by atoms with Gasteiger partial charge < -0.3 is 33.5 Å². The van der Waals surface area contributed by atoms with Crippen LogP contribution in [0.1, 0.15) is 11.1 Å². The van der Waals surface area contributed by atoms with Crippen LogP contribution in [0.15, 0.2) is 24.3 Å². The number of carbonyl (C=O) groups excluding carboxylic acids is 1. The molecule has 8 heteroatoms. The standard InChI is InChI=1S/C22H24O8/c1-25-19-5-12(6-20(26-2)21(19)27-3)4-15-14(10-28-22(15)24)7-13-8-17-18(9-16(13)23)30-11-29-17/h5-6,8-9,14-15,23H,4,7,10-11H2,1-3H3/t14-,15+/m0/s1. The van der Waals surface area contributed by atoms with Gasteiger partial charge in [-0.25, -0.2) is 0 Å². The Hall–Kier alpha value is -3.29. The Labute approximate surface area is 174 Å². The lowest BCUT2D eigenvalue weighted by Gasteiger charge is -2.18. The molecule has 2 aliphatic heterocycles. The molecule has 30 heavy (non-hydrogen) atoms. The molecule has 2 heterocycles. The van der Waals surface area contributed by atoms with E-state index in [9.17, 15) is 9.90 Å². The van der Waals surface area contributed by atoms with Crippen LogP contribution in [-0.4, -0.2) is 45.8 Å². The molecule has 2 atom stereocenters. The van der Waals surface area contributed by atoms with Crippen LogP contribution in [0.3, 0.4) is 0 Å². The van der Waals surface area contributed by atoms with Gasteiger partial charge in [-0.1, -0.05) is 0 Å². The average Bonchev–Trinajstić information content (AvgIpc) is 3.34. The Morgan fingerprint density at radius 2 is 1.60 bits per heavy atom. The summed E-state index contributed by atoms with van der Waals surface area (Å²) in [5.74, 6) is 2.07. The Morgan fingerprint density at radius 1 is 0.933 bits per heavy atom. The highest BCUT2D eigenvalue weighted by molar-refractivity contribution is 5.75. The van der Waals surface area contributed by atoms with Crippen molar-refractivity contribution < 1.29 is 38.3 Å². The Morgan fingerprint density at radius 3 is 2.23 bits per heavy atom. The van der Waals surface area contributed by atoms with Crippen molar-refractivity contribution in [1.82, 2.24) is 0 Å². The van der Waals surface area contributed by atoms with E-state index in [1.54, 1.807) is 33.5 Å². The number of fused-ring (bicyclic) bond motifs is 1.